The zero-order chi connectivity index (χ0) is 16.2. The topological polar surface area (TPSA) is 66.4 Å². The van der Waals surface area contributed by atoms with Crippen molar-refractivity contribution in [1.82, 2.24) is 4.72 Å². The third kappa shape index (κ3) is 4.39. The van der Waals surface area contributed by atoms with E-state index in [-0.39, 0.29) is 11.5 Å². The van der Waals surface area contributed by atoms with Crippen LogP contribution in [0.2, 0.25) is 0 Å². The molecule has 2 aromatic carbocycles. The van der Waals surface area contributed by atoms with E-state index in [1.54, 1.807) is 24.3 Å². The second-order valence-electron chi connectivity index (χ2n) is 5.05. The Morgan fingerprint density at radius 2 is 1.68 bits per heavy atom. The normalized spacial score (nSPS) is 13.0. The Morgan fingerprint density at radius 1 is 1.09 bits per heavy atom. The number of aryl methyl sites for hydroxylation is 1. The SMILES string of the molecule is Cc1ccc(S(=O)(=O)N[C@@H](CCO)c2ccc(Br)cc2)cc1. The molecule has 0 aliphatic heterocycles. The minimum atomic E-state index is -3.63. The van der Waals surface area contributed by atoms with E-state index in [1.165, 1.54) is 0 Å². The molecule has 0 amide bonds. The van der Waals surface area contributed by atoms with Crippen LogP contribution in [0.1, 0.15) is 23.6 Å². The summed E-state index contributed by atoms with van der Waals surface area (Å²) >= 11 is 3.35. The second kappa shape index (κ2) is 7.37. The van der Waals surface area contributed by atoms with E-state index < -0.39 is 16.1 Å². The molecular weight excluding hydrogens is 366 g/mol. The third-order valence-corrected chi connectivity index (χ3v) is 5.34. The molecule has 2 rings (SSSR count). The fraction of sp³-hybridized carbons (Fsp3) is 0.250. The molecule has 4 nitrogen and oxygen atoms in total. The lowest BCUT2D eigenvalue weighted by molar-refractivity contribution is 0.272. The summed E-state index contributed by atoms with van der Waals surface area (Å²) in [6.07, 6.45) is 0.312. The van der Waals surface area contributed by atoms with Crippen molar-refractivity contribution in [2.24, 2.45) is 0 Å². The predicted octanol–water partition coefficient (Wildman–Crippen LogP) is 3.16. The highest BCUT2D eigenvalue weighted by atomic mass is 79.9. The molecule has 2 aromatic rings. The van der Waals surface area contributed by atoms with Gasteiger partial charge in [0.25, 0.3) is 0 Å². The molecule has 0 saturated carbocycles. The number of nitrogens with one attached hydrogen (secondary N) is 1. The molecule has 0 fully saturated rings. The Balaban J connectivity index is 2.26. The largest absolute Gasteiger partial charge is 0.396 e. The van der Waals surface area contributed by atoms with Crippen LogP contribution in [-0.4, -0.2) is 20.1 Å². The van der Waals surface area contributed by atoms with Crippen molar-refractivity contribution in [3.05, 3.63) is 64.1 Å². The number of hydrogen-bond donors (Lipinski definition) is 2. The monoisotopic (exact) mass is 383 g/mol. The van der Waals surface area contributed by atoms with Gasteiger partial charge >= 0.3 is 0 Å². The van der Waals surface area contributed by atoms with Crippen LogP contribution in [0.4, 0.5) is 0 Å². The van der Waals surface area contributed by atoms with E-state index in [9.17, 15) is 13.5 Å². The molecule has 0 unspecified atom stereocenters. The van der Waals surface area contributed by atoms with Crippen LogP contribution >= 0.6 is 15.9 Å². The lowest BCUT2D eigenvalue weighted by atomic mass is 10.1. The average Bonchev–Trinajstić information content (AvgIpc) is 2.48. The Labute approximate surface area is 139 Å². The van der Waals surface area contributed by atoms with E-state index >= 15 is 0 Å². The number of benzene rings is 2. The highest BCUT2D eigenvalue weighted by Gasteiger charge is 2.21. The molecular formula is C16H18BrNO3S. The van der Waals surface area contributed by atoms with E-state index in [1.807, 2.05) is 31.2 Å². The molecule has 0 saturated heterocycles. The zero-order valence-electron chi connectivity index (χ0n) is 12.2. The summed E-state index contributed by atoms with van der Waals surface area (Å²) in [5.41, 5.74) is 1.81. The van der Waals surface area contributed by atoms with Gasteiger partial charge in [-0.3, -0.25) is 0 Å². The standard InChI is InChI=1S/C16H18BrNO3S/c1-12-2-8-15(9-3-12)22(20,21)18-16(10-11-19)13-4-6-14(17)7-5-13/h2-9,16,18-19H,10-11H2,1H3/t16-/m0/s1. The Kier molecular flexibility index (Phi) is 5.74. The van der Waals surface area contributed by atoms with Gasteiger partial charge in [-0.05, 0) is 43.2 Å². The molecule has 6 heteroatoms. The number of hydrogen-bond acceptors (Lipinski definition) is 3. The van der Waals surface area contributed by atoms with Crippen LogP contribution in [0.25, 0.3) is 0 Å². The van der Waals surface area contributed by atoms with Crippen molar-refractivity contribution in [3.8, 4) is 0 Å². The van der Waals surface area contributed by atoms with Gasteiger partial charge in [0.2, 0.25) is 10.0 Å². The molecule has 1 atom stereocenters. The van der Waals surface area contributed by atoms with Gasteiger partial charge in [-0.15, -0.1) is 0 Å². The number of sulfonamides is 1. The maximum Gasteiger partial charge on any atom is 0.241 e. The van der Waals surface area contributed by atoms with E-state index in [0.717, 1.165) is 15.6 Å². The fourth-order valence-corrected chi connectivity index (χ4v) is 3.61. The highest BCUT2D eigenvalue weighted by molar-refractivity contribution is 9.10. The van der Waals surface area contributed by atoms with Gasteiger partial charge < -0.3 is 5.11 Å². The van der Waals surface area contributed by atoms with Gasteiger partial charge in [0, 0.05) is 17.1 Å². The smallest absolute Gasteiger partial charge is 0.241 e. The minimum Gasteiger partial charge on any atom is -0.396 e. The first-order valence-corrected chi connectivity index (χ1v) is 9.15. The van der Waals surface area contributed by atoms with E-state index in [2.05, 4.69) is 20.7 Å². The third-order valence-electron chi connectivity index (χ3n) is 3.32. The number of aliphatic hydroxyl groups excluding tert-OH is 1. The Bertz CT molecular complexity index is 712. The number of aliphatic hydroxyl groups is 1. The molecule has 0 spiro atoms. The van der Waals surface area contributed by atoms with Crippen molar-refractivity contribution in [2.75, 3.05) is 6.61 Å². The van der Waals surface area contributed by atoms with Crippen LogP contribution < -0.4 is 4.72 Å². The quantitative estimate of drug-likeness (QED) is 0.804. The van der Waals surface area contributed by atoms with Crippen LogP contribution in [0.15, 0.2) is 57.9 Å². The summed E-state index contributed by atoms with van der Waals surface area (Å²) in [4.78, 5) is 0.221. The van der Waals surface area contributed by atoms with E-state index in [4.69, 9.17) is 0 Å². The van der Waals surface area contributed by atoms with Crippen molar-refractivity contribution in [3.63, 3.8) is 0 Å². The summed E-state index contributed by atoms with van der Waals surface area (Å²) in [6.45, 7) is 1.80. The molecule has 0 bridgehead atoms. The molecule has 2 N–H and O–H groups in total. The van der Waals surface area contributed by atoms with Gasteiger partial charge in [-0.25, -0.2) is 13.1 Å². The van der Waals surface area contributed by atoms with Gasteiger partial charge in [0.1, 0.15) is 0 Å². The fourth-order valence-electron chi connectivity index (χ4n) is 2.09. The van der Waals surface area contributed by atoms with Crippen molar-refractivity contribution < 1.29 is 13.5 Å². The summed E-state index contributed by atoms with van der Waals surface area (Å²) in [6, 6.07) is 13.6. The van der Waals surface area contributed by atoms with Crippen LogP contribution in [0.3, 0.4) is 0 Å². The maximum absolute atomic E-state index is 12.5. The van der Waals surface area contributed by atoms with Gasteiger partial charge in [-0.2, -0.15) is 0 Å². The molecule has 0 aliphatic carbocycles. The maximum atomic E-state index is 12.5. The minimum absolute atomic E-state index is 0.100. The summed E-state index contributed by atoms with van der Waals surface area (Å²) in [5.74, 6) is 0. The van der Waals surface area contributed by atoms with Gasteiger partial charge in [0.15, 0.2) is 0 Å². The van der Waals surface area contributed by atoms with Crippen LogP contribution in [0.5, 0.6) is 0 Å². The van der Waals surface area contributed by atoms with E-state index in [0.29, 0.717) is 6.42 Å². The van der Waals surface area contributed by atoms with Gasteiger partial charge in [-0.1, -0.05) is 45.8 Å². The highest BCUT2D eigenvalue weighted by Crippen LogP contribution is 2.22. The summed E-state index contributed by atoms with van der Waals surface area (Å²) in [5, 5.41) is 9.21. The number of rotatable bonds is 6. The van der Waals surface area contributed by atoms with Gasteiger partial charge in [0.05, 0.1) is 4.90 Å². The Hall–Kier alpha value is -1.21. The van der Waals surface area contributed by atoms with Crippen LogP contribution in [-0.2, 0) is 10.0 Å². The van der Waals surface area contributed by atoms with Crippen molar-refractivity contribution in [1.29, 1.82) is 0 Å². The predicted molar refractivity (Wildman–Crippen MR) is 90.1 cm³/mol. The summed E-state index contributed by atoms with van der Waals surface area (Å²) < 4.78 is 28.5. The first kappa shape index (κ1) is 17.1. The molecule has 0 radical (unpaired) electrons. The zero-order valence-corrected chi connectivity index (χ0v) is 14.6. The Morgan fingerprint density at radius 3 is 2.23 bits per heavy atom. The first-order valence-electron chi connectivity index (χ1n) is 6.88. The molecule has 118 valence electrons. The van der Waals surface area contributed by atoms with Crippen molar-refractivity contribution in [2.45, 2.75) is 24.3 Å². The molecule has 0 aromatic heterocycles. The molecule has 0 aliphatic rings. The van der Waals surface area contributed by atoms with Crippen molar-refractivity contribution >= 4 is 26.0 Å². The number of halogens is 1. The lowest BCUT2D eigenvalue weighted by Gasteiger charge is -2.18. The summed E-state index contributed by atoms with van der Waals surface area (Å²) in [7, 11) is -3.63. The van der Waals surface area contributed by atoms with Crippen LogP contribution in [0, 0.1) is 6.92 Å². The first-order chi connectivity index (χ1) is 10.4. The second-order valence-corrected chi connectivity index (χ2v) is 7.68. The lowest BCUT2D eigenvalue weighted by Crippen LogP contribution is -2.29. The average molecular weight is 384 g/mol. The molecule has 0 heterocycles. The molecule has 22 heavy (non-hydrogen) atoms.